The summed E-state index contributed by atoms with van der Waals surface area (Å²) in [6, 6.07) is 11.8. The van der Waals surface area contributed by atoms with Gasteiger partial charge < -0.3 is 9.47 Å². The molecule has 0 heterocycles. The third-order valence-electron chi connectivity index (χ3n) is 2.90. The van der Waals surface area contributed by atoms with Crippen molar-refractivity contribution < 1.29 is 19.1 Å². The molecule has 2 aromatic rings. The molecule has 2 aromatic carbocycles. The summed E-state index contributed by atoms with van der Waals surface area (Å²) in [7, 11) is 0. The number of ether oxygens (including phenoxy) is 2. The summed E-state index contributed by atoms with van der Waals surface area (Å²) in [6.07, 6.45) is 0. The molecule has 0 fully saturated rings. The van der Waals surface area contributed by atoms with Gasteiger partial charge in [-0.15, -0.1) is 0 Å². The molecule has 0 radical (unpaired) electrons. The van der Waals surface area contributed by atoms with Gasteiger partial charge in [0, 0.05) is 0 Å². The maximum Gasteiger partial charge on any atom is 0.343 e. The molecular formula is C17H15BrO4. The number of carbonyl (C=O) groups is 2. The average molecular weight is 363 g/mol. The third kappa shape index (κ3) is 3.95. The molecule has 22 heavy (non-hydrogen) atoms. The van der Waals surface area contributed by atoms with Gasteiger partial charge in [0.1, 0.15) is 5.75 Å². The molecule has 0 saturated heterocycles. The molecule has 4 nitrogen and oxygen atoms in total. The SMILES string of the molecule is CCOC(=O)c1ccc(OC(=O)c2cccc(C)c2)c(Br)c1. The lowest BCUT2D eigenvalue weighted by molar-refractivity contribution is 0.0526. The van der Waals surface area contributed by atoms with Crippen molar-refractivity contribution in [3.63, 3.8) is 0 Å². The van der Waals surface area contributed by atoms with Crippen LogP contribution in [0.25, 0.3) is 0 Å². The number of aryl methyl sites for hydroxylation is 1. The highest BCUT2D eigenvalue weighted by Crippen LogP contribution is 2.27. The van der Waals surface area contributed by atoms with Crippen LogP contribution < -0.4 is 4.74 Å². The Bertz CT molecular complexity index is 710. The molecule has 0 aliphatic rings. The lowest BCUT2D eigenvalue weighted by Gasteiger charge is -2.08. The molecular weight excluding hydrogens is 348 g/mol. The summed E-state index contributed by atoms with van der Waals surface area (Å²) < 4.78 is 10.8. The van der Waals surface area contributed by atoms with Crippen LogP contribution in [0.15, 0.2) is 46.9 Å². The van der Waals surface area contributed by atoms with E-state index in [1.807, 2.05) is 13.0 Å². The molecule has 0 spiro atoms. The quantitative estimate of drug-likeness (QED) is 0.605. The number of benzene rings is 2. The number of carbonyl (C=O) groups excluding carboxylic acids is 2. The predicted octanol–water partition coefficient (Wildman–Crippen LogP) is 4.15. The predicted molar refractivity (Wildman–Crippen MR) is 86.2 cm³/mol. The summed E-state index contributed by atoms with van der Waals surface area (Å²) >= 11 is 3.30. The third-order valence-corrected chi connectivity index (χ3v) is 3.52. The van der Waals surface area contributed by atoms with Gasteiger partial charge in [-0.1, -0.05) is 17.7 Å². The first kappa shape index (κ1) is 16.2. The molecule has 0 aliphatic heterocycles. The fourth-order valence-corrected chi connectivity index (χ4v) is 2.32. The first-order chi connectivity index (χ1) is 10.5. The molecule has 0 aromatic heterocycles. The Morgan fingerprint density at radius 3 is 2.41 bits per heavy atom. The second kappa shape index (κ2) is 7.22. The minimum atomic E-state index is -0.451. The normalized spacial score (nSPS) is 10.1. The summed E-state index contributed by atoms with van der Waals surface area (Å²) in [5.41, 5.74) is 1.84. The van der Waals surface area contributed by atoms with Crippen LogP contribution in [0.2, 0.25) is 0 Å². The zero-order valence-corrected chi connectivity index (χ0v) is 13.8. The van der Waals surface area contributed by atoms with Crippen LogP contribution in [0.5, 0.6) is 5.75 Å². The van der Waals surface area contributed by atoms with Gasteiger partial charge in [-0.2, -0.15) is 0 Å². The molecule has 0 N–H and O–H groups in total. The molecule has 114 valence electrons. The Morgan fingerprint density at radius 2 is 1.77 bits per heavy atom. The summed E-state index contributed by atoms with van der Waals surface area (Å²) in [5, 5.41) is 0. The van der Waals surface area contributed by atoms with E-state index in [2.05, 4.69) is 15.9 Å². The first-order valence-corrected chi connectivity index (χ1v) is 7.56. The Balaban J connectivity index is 2.16. The maximum atomic E-state index is 12.1. The number of rotatable bonds is 4. The van der Waals surface area contributed by atoms with Crippen LogP contribution in [0.3, 0.4) is 0 Å². The molecule has 0 unspecified atom stereocenters. The average Bonchev–Trinajstić information content (AvgIpc) is 2.49. The highest BCUT2D eigenvalue weighted by atomic mass is 79.9. The van der Waals surface area contributed by atoms with Gasteiger partial charge in [0.25, 0.3) is 0 Å². The van der Waals surface area contributed by atoms with E-state index in [0.717, 1.165) is 5.56 Å². The molecule has 0 aliphatic carbocycles. The summed E-state index contributed by atoms with van der Waals surface area (Å²) in [6.45, 7) is 3.95. The topological polar surface area (TPSA) is 52.6 Å². The second-order valence-electron chi connectivity index (χ2n) is 4.62. The summed E-state index contributed by atoms with van der Waals surface area (Å²) in [4.78, 5) is 23.7. The van der Waals surface area contributed by atoms with Crippen LogP contribution in [-0.2, 0) is 4.74 Å². The fraction of sp³-hybridized carbons (Fsp3) is 0.176. The summed E-state index contributed by atoms with van der Waals surface area (Å²) in [5.74, 6) is -0.521. The number of hydrogen-bond donors (Lipinski definition) is 0. The van der Waals surface area contributed by atoms with Crippen LogP contribution in [-0.4, -0.2) is 18.5 Å². The van der Waals surface area contributed by atoms with Gasteiger partial charge in [0.2, 0.25) is 0 Å². The van der Waals surface area contributed by atoms with Gasteiger partial charge in [-0.3, -0.25) is 0 Å². The van der Waals surface area contributed by atoms with E-state index >= 15 is 0 Å². The standard InChI is InChI=1S/C17H15BrO4/c1-3-21-16(19)13-7-8-15(14(18)10-13)22-17(20)12-6-4-5-11(2)9-12/h4-10H,3H2,1-2H3. The van der Waals surface area contributed by atoms with E-state index in [0.29, 0.717) is 28.0 Å². The lowest BCUT2D eigenvalue weighted by Crippen LogP contribution is -2.10. The molecule has 2 rings (SSSR count). The van der Waals surface area contributed by atoms with Crippen LogP contribution in [0.4, 0.5) is 0 Å². The van der Waals surface area contributed by atoms with Crippen LogP contribution >= 0.6 is 15.9 Å². The Kier molecular flexibility index (Phi) is 5.33. The highest BCUT2D eigenvalue weighted by molar-refractivity contribution is 9.10. The van der Waals surface area contributed by atoms with E-state index < -0.39 is 11.9 Å². The van der Waals surface area contributed by atoms with Crippen molar-refractivity contribution in [2.45, 2.75) is 13.8 Å². The van der Waals surface area contributed by atoms with Crippen molar-refractivity contribution in [1.82, 2.24) is 0 Å². The van der Waals surface area contributed by atoms with Gasteiger partial charge in [-0.05, 0) is 60.1 Å². The fourth-order valence-electron chi connectivity index (χ4n) is 1.86. The van der Waals surface area contributed by atoms with E-state index in [4.69, 9.17) is 9.47 Å². The lowest BCUT2D eigenvalue weighted by atomic mass is 10.1. The van der Waals surface area contributed by atoms with Crippen molar-refractivity contribution in [3.05, 3.63) is 63.6 Å². The van der Waals surface area contributed by atoms with Crippen molar-refractivity contribution in [2.75, 3.05) is 6.61 Å². The Morgan fingerprint density at radius 1 is 1.05 bits per heavy atom. The van der Waals surface area contributed by atoms with Gasteiger partial charge >= 0.3 is 11.9 Å². The largest absolute Gasteiger partial charge is 0.462 e. The van der Waals surface area contributed by atoms with E-state index in [-0.39, 0.29) is 0 Å². The van der Waals surface area contributed by atoms with E-state index in [1.54, 1.807) is 43.3 Å². The van der Waals surface area contributed by atoms with Crippen molar-refractivity contribution in [1.29, 1.82) is 0 Å². The van der Waals surface area contributed by atoms with Crippen LogP contribution in [0, 0.1) is 6.92 Å². The maximum absolute atomic E-state index is 12.1. The minimum absolute atomic E-state index is 0.306. The molecule has 0 bridgehead atoms. The number of esters is 2. The van der Waals surface area contributed by atoms with Crippen molar-refractivity contribution in [3.8, 4) is 5.75 Å². The zero-order chi connectivity index (χ0) is 16.1. The van der Waals surface area contributed by atoms with Crippen molar-refractivity contribution >= 4 is 27.9 Å². The van der Waals surface area contributed by atoms with Gasteiger partial charge in [0.05, 0.1) is 22.2 Å². The second-order valence-corrected chi connectivity index (χ2v) is 5.48. The number of hydrogen-bond acceptors (Lipinski definition) is 4. The zero-order valence-electron chi connectivity index (χ0n) is 12.3. The Hall–Kier alpha value is -2.14. The number of halogens is 1. The highest BCUT2D eigenvalue weighted by Gasteiger charge is 2.14. The van der Waals surface area contributed by atoms with Gasteiger partial charge in [-0.25, -0.2) is 9.59 Å². The molecule has 0 atom stereocenters. The monoisotopic (exact) mass is 362 g/mol. The Labute approximate surface area is 137 Å². The smallest absolute Gasteiger partial charge is 0.343 e. The molecule has 0 amide bonds. The van der Waals surface area contributed by atoms with Crippen molar-refractivity contribution in [2.24, 2.45) is 0 Å². The first-order valence-electron chi connectivity index (χ1n) is 6.76. The van der Waals surface area contributed by atoms with Gasteiger partial charge in [0.15, 0.2) is 0 Å². The van der Waals surface area contributed by atoms with Crippen LogP contribution in [0.1, 0.15) is 33.2 Å². The van der Waals surface area contributed by atoms with E-state index in [9.17, 15) is 9.59 Å². The minimum Gasteiger partial charge on any atom is -0.462 e. The van der Waals surface area contributed by atoms with E-state index in [1.165, 1.54) is 0 Å². The molecule has 5 heteroatoms. The molecule has 0 saturated carbocycles.